The minimum atomic E-state index is -3.71. The van der Waals surface area contributed by atoms with Gasteiger partial charge in [-0.3, -0.25) is 0 Å². The number of esters is 1. The Hall–Kier alpha value is -3.15. The Balaban J connectivity index is 1.39. The molecule has 3 aromatic rings. The Morgan fingerprint density at radius 2 is 1.82 bits per heavy atom. The number of hydrogen-bond acceptors (Lipinski definition) is 8. The summed E-state index contributed by atoms with van der Waals surface area (Å²) in [4.78, 5) is 16.6. The molecule has 1 aliphatic heterocycles. The molecular weight excluding hydrogens is 465 g/mol. The Kier molecular flexibility index (Phi) is 6.78. The number of rotatable bonds is 6. The van der Waals surface area contributed by atoms with Gasteiger partial charge in [-0.2, -0.15) is 9.29 Å². The van der Waals surface area contributed by atoms with Gasteiger partial charge in [0.2, 0.25) is 15.8 Å². The Bertz CT molecular complexity index is 1280. The van der Waals surface area contributed by atoms with Crippen LogP contribution in [0.25, 0.3) is 11.4 Å². The molecule has 0 aliphatic carbocycles. The molecule has 0 amide bonds. The van der Waals surface area contributed by atoms with E-state index in [1.807, 2.05) is 13.8 Å². The number of halogens is 1. The smallest absolute Gasteiger partial charge is 0.338 e. The number of carbonyl (C=O) groups is 1. The van der Waals surface area contributed by atoms with Crippen molar-refractivity contribution in [1.82, 2.24) is 14.4 Å². The zero-order chi connectivity index (χ0) is 24.5. The number of morpholine rings is 1. The van der Waals surface area contributed by atoms with Crippen molar-refractivity contribution in [2.75, 3.05) is 13.1 Å². The number of aryl methyl sites for hydroxylation is 1. The van der Waals surface area contributed by atoms with E-state index in [-0.39, 0.29) is 54.1 Å². The van der Waals surface area contributed by atoms with Crippen LogP contribution >= 0.6 is 0 Å². The predicted molar refractivity (Wildman–Crippen MR) is 119 cm³/mol. The van der Waals surface area contributed by atoms with Gasteiger partial charge >= 0.3 is 5.97 Å². The maximum absolute atomic E-state index is 13.8. The van der Waals surface area contributed by atoms with Crippen molar-refractivity contribution in [2.24, 2.45) is 0 Å². The third-order valence-electron chi connectivity index (χ3n) is 5.34. The Morgan fingerprint density at radius 1 is 1.15 bits per heavy atom. The van der Waals surface area contributed by atoms with E-state index >= 15 is 0 Å². The summed E-state index contributed by atoms with van der Waals surface area (Å²) < 4.78 is 56.9. The summed E-state index contributed by atoms with van der Waals surface area (Å²) in [6.45, 7) is 5.52. The molecule has 0 radical (unpaired) electrons. The van der Waals surface area contributed by atoms with Gasteiger partial charge in [-0.05, 0) is 56.7 Å². The van der Waals surface area contributed by atoms with Gasteiger partial charge in [0.1, 0.15) is 5.82 Å². The summed E-state index contributed by atoms with van der Waals surface area (Å²) in [7, 11) is -3.71. The third kappa shape index (κ3) is 5.16. The summed E-state index contributed by atoms with van der Waals surface area (Å²) in [5, 5.41) is 3.78. The second kappa shape index (κ2) is 9.61. The van der Waals surface area contributed by atoms with E-state index in [0.717, 1.165) is 0 Å². The van der Waals surface area contributed by atoms with Crippen molar-refractivity contribution in [2.45, 2.75) is 44.5 Å². The standard InChI is InChI=1S/C23H24FN3O6S/c1-14-4-5-18(10-20(14)24)22-25-21(33-26-22)13-31-23(28)17-6-8-19(9-7-17)34(29,30)27-11-15(2)32-16(3)12-27/h4-10,15-16H,11-13H2,1-3H3/t15-,16+. The predicted octanol–water partition coefficient (Wildman–Crippen LogP) is 3.34. The topological polar surface area (TPSA) is 112 Å². The SMILES string of the molecule is Cc1ccc(-c2noc(COC(=O)c3ccc(S(=O)(=O)N4C[C@@H](C)O[C@@H](C)C4)cc3)n2)cc1F. The van der Waals surface area contributed by atoms with Crippen LogP contribution in [-0.2, 0) is 26.1 Å². The molecule has 11 heteroatoms. The molecule has 0 unspecified atom stereocenters. The highest BCUT2D eigenvalue weighted by Crippen LogP contribution is 2.22. The molecule has 1 aliphatic rings. The van der Waals surface area contributed by atoms with Gasteiger partial charge in [0, 0.05) is 18.7 Å². The van der Waals surface area contributed by atoms with Crippen molar-refractivity contribution in [3.05, 3.63) is 65.3 Å². The fraction of sp³-hybridized carbons (Fsp3) is 0.348. The third-order valence-corrected chi connectivity index (χ3v) is 7.18. The summed E-state index contributed by atoms with van der Waals surface area (Å²) in [6.07, 6.45) is -0.411. The molecule has 34 heavy (non-hydrogen) atoms. The van der Waals surface area contributed by atoms with Crippen molar-refractivity contribution in [1.29, 1.82) is 0 Å². The molecule has 2 heterocycles. The maximum Gasteiger partial charge on any atom is 0.338 e. The number of carbonyl (C=O) groups excluding carboxylic acids is 1. The van der Waals surface area contributed by atoms with Crippen LogP contribution in [0.5, 0.6) is 0 Å². The largest absolute Gasteiger partial charge is 0.452 e. The quantitative estimate of drug-likeness (QED) is 0.485. The van der Waals surface area contributed by atoms with Gasteiger partial charge in [-0.25, -0.2) is 17.6 Å². The molecule has 0 bridgehead atoms. The molecular formula is C23H24FN3O6S. The minimum absolute atomic E-state index is 0.0408. The first-order valence-electron chi connectivity index (χ1n) is 10.7. The summed E-state index contributed by atoms with van der Waals surface area (Å²) in [5.41, 5.74) is 1.10. The molecule has 4 rings (SSSR count). The van der Waals surface area contributed by atoms with Gasteiger partial charge in [-0.1, -0.05) is 17.3 Å². The highest BCUT2D eigenvalue weighted by Gasteiger charge is 2.32. The van der Waals surface area contributed by atoms with Crippen LogP contribution in [0.15, 0.2) is 51.9 Å². The number of benzene rings is 2. The van der Waals surface area contributed by atoms with E-state index in [1.54, 1.807) is 19.1 Å². The molecule has 2 aromatic carbocycles. The number of aromatic nitrogens is 2. The van der Waals surface area contributed by atoms with Crippen LogP contribution in [-0.4, -0.2) is 54.1 Å². The molecule has 0 saturated carbocycles. The average molecular weight is 490 g/mol. The van der Waals surface area contributed by atoms with E-state index in [9.17, 15) is 17.6 Å². The summed E-state index contributed by atoms with van der Waals surface area (Å²) in [6, 6.07) is 10.1. The van der Waals surface area contributed by atoms with Gasteiger partial charge in [0.25, 0.3) is 5.89 Å². The summed E-state index contributed by atoms with van der Waals surface area (Å²) >= 11 is 0. The molecule has 1 fully saturated rings. The molecule has 0 N–H and O–H groups in total. The first kappa shape index (κ1) is 24.0. The molecule has 1 saturated heterocycles. The van der Waals surface area contributed by atoms with Gasteiger partial charge in [0.15, 0.2) is 6.61 Å². The van der Waals surface area contributed by atoms with Crippen molar-refractivity contribution in [3.63, 3.8) is 0 Å². The Morgan fingerprint density at radius 3 is 2.47 bits per heavy atom. The lowest BCUT2D eigenvalue weighted by Gasteiger charge is -2.34. The normalized spacial score (nSPS) is 19.2. The first-order valence-corrected chi connectivity index (χ1v) is 12.1. The number of hydrogen-bond donors (Lipinski definition) is 0. The summed E-state index contributed by atoms with van der Waals surface area (Å²) in [5.74, 6) is -0.859. The van der Waals surface area contributed by atoms with Gasteiger partial charge < -0.3 is 14.0 Å². The van der Waals surface area contributed by atoms with E-state index in [4.69, 9.17) is 14.0 Å². The maximum atomic E-state index is 13.8. The van der Waals surface area contributed by atoms with Crippen molar-refractivity contribution < 1.29 is 31.6 Å². The van der Waals surface area contributed by atoms with Crippen LogP contribution in [0.3, 0.4) is 0 Å². The lowest BCUT2D eigenvalue weighted by molar-refractivity contribution is -0.0440. The lowest BCUT2D eigenvalue weighted by Crippen LogP contribution is -2.48. The second-order valence-corrected chi connectivity index (χ2v) is 10.1. The van der Waals surface area contributed by atoms with Gasteiger partial charge in [0.05, 0.1) is 22.7 Å². The second-order valence-electron chi connectivity index (χ2n) is 8.16. The molecule has 1 aromatic heterocycles. The molecule has 0 spiro atoms. The minimum Gasteiger partial charge on any atom is -0.452 e. The number of nitrogens with zero attached hydrogens (tertiary/aromatic N) is 3. The fourth-order valence-corrected chi connectivity index (χ4v) is 5.20. The van der Waals surface area contributed by atoms with Crippen molar-refractivity contribution >= 4 is 16.0 Å². The zero-order valence-electron chi connectivity index (χ0n) is 18.9. The fourth-order valence-electron chi connectivity index (χ4n) is 3.61. The molecule has 180 valence electrons. The molecule has 9 nitrogen and oxygen atoms in total. The lowest BCUT2D eigenvalue weighted by atomic mass is 10.1. The monoisotopic (exact) mass is 489 g/mol. The Labute approximate surface area is 196 Å². The first-order chi connectivity index (χ1) is 16.1. The highest BCUT2D eigenvalue weighted by molar-refractivity contribution is 7.89. The van der Waals surface area contributed by atoms with E-state index in [1.165, 1.54) is 34.6 Å². The van der Waals surface area contributed by atoms with Crippen LogP contribution in [0.2, 0.25) is 0 Å². The van der Waals surface area contributed by atoms with E-state index in [0.29, 0.717) is 11.1 Å². The van der Waals surface area contributed by atoms with Crippen LogP contribution < -0.4 is 0 Å². The van der Waals surface area contributed by atoms with Crippen LogP contribution in [0.4, 0.5) is 4.39 Å². The zero-order valence-corrected chi connectivity index (χ0v) is 19.7. The molecule has 2 atom stereocenters. The highest BCUT2D eigenvalue weighted by atomic mass is 32.2. The number of ether oxygens (including phenoxy) is 2. The van der Waals surface area contributed by atoms with Crippen LogP contribution in [0.1, 0.15) is 35.7 Å². The van der Waals surface area contributed by atoms with Crippen LogP contribution in [0, 0.1) is 12.7 Å². The van der Waals surface area contributed by atoms with Crippen molar-refractivity contribution in [3.8, 4) is 11.4 Å². The number of sulfonamides is 1. The van der Waals surface area contributed by atoms with Gasteiger partial charge in [-0.15, -0.1) is 0 Å². The average Bonchev–Trinajstić information content (AvgIpc) is 3.28. The van der Waals surface area contributed by atoms with E-state index < -0.39 is 21.8 Å². The van der Waals surface area contributed by atoms with E-state index in [2.05, 4.69) is 10.1 Å².